The molecule has 0 radical (unpaired) electrons. The standard InChI is InChI=1S/C14H11N3O2S/c1-19-14(18)11-7-20-13(17-11)12(15)9-6-16-10-5-3-2-4-8(9)10/h2-7,15-16H,1H3. The molecule has 6 heteroatoms. The van der Waals surface area contributed by atoms with Gasteiger partial charge in [0.2, 0.25) is 0 Å². The number of nitrogens with one attached hydrogen (secondary N) is 2. The molecular weight excluding hydrogens is 274 g/mol. The van der Waals surface area contributed by atoms with Crippen molar-refractivity contribution < 1.29 is 9.53 Å². The second kappa shape index (κ2) is 4.90. The molecule has 20 heavy (non-hydrogen) atoms. The van der Waals surface area contributed by atoms with Crippen LogP contribution in [0.4, 0.5) is 0 Å². The van der Waals surface area contributed by atoms with E-state index in [4.69, 9.17) is 5.41 Å². The number of rotatable bonds is 3. The van der Waals surface area contributed by atoms with Gasteiger partial charge >= 0.3 is 5.97 Å². The van der Waals surface area contributed by atoms with Gasteiger partial charge in [-0.1, -0.05) is 18.2 Å². The normalized spacial score (nSPS) is 10.7. The number of aromatic amines is 1. The van der Waals surface area contributed by atoms with E-state index in [0.29, 0.717) is 10.7 Å². The van der Waals surface area contributed by atoms with Crippen LogP contribution in [0.5, 0.6) is 0 Å². The van der Waals surface area contributed by atoms with Gasteiger partial charge < -0.3 is 9.72 Å². The van der Waals surface area contributed by atoms with E-state index in [1.165, 1.54) is 18.4 Å². The van der Waals surface area contributed by atoms with Crippen molar-refractivity contribution >= 4 is 33.9 Å². The van der Waals surface area contributed by atoms with Crippen LogP contribution in [0, 0.1) is 5.41 Å². The van der Waals surface area contributed by atoms with Gasteiger partial charge in [0.05, 0.1) is 12.8 Å². The Labute approximate surface area is 118 Å². The molecule has 0 saturated carbocycles. The first-order valence-electron chi connectivity index (χ1n) is 5.90. The average Bonchev–Trinajstić information content (AvgIpc) is 3.12. The SMILES string of the molecule is COC(=O)c1csc(C(=N)c2c[nH]c3ccccc23)n1. The third-order valence-electron chi connectivity index (χ3n) is 2.97. The smallest absolute Gasteiger partial charge is 0.357 e. The molecule has 1 aromatic carbocycles. The summed E-state index contributed by atoms with van der Waals surface area (Å²) in [5, 5.41) is 11.3. The van der Waals surface area contributed by atoms with Crippen LogP contribution in [0.15, 0.2) is 35.8 Å². The average molecular weight is 285 g/mol. The van der Waals surface area contributed by atoms with Gasteiger partial charge in [-0.15, -0.1) is 11.3 Å². The van der Waals surface area contributed by atoms with Crippen molar-refractivity contribution in [2.75, 3.05) is 7.11 Å². The lowest BCUT2D eigenvalue weighted by atomic mass is 10.1. The number of hydrogen-bond acceptors (Lipinski definition) is 5. The van der Waals surface area contributed by atoms with Crippen LogP contribution in [0.2, 0.25) is 0 Å². The highest BCUT2D eigenvalue weighted by atomic mass is 32.1. The minimum absolute atomic E-state index is 0.233. The lowest BCUT2D eigenvalue weighted by Crippen LogP contribution is -2.04. The third kappa shape index (κ3) is 2.00. The highest BCUT2D eigenvalue weighted by molar-refractivity contribution is 7.12. The van der Waals surface area contributed by atoms with Crippen molar-refractivity contribution in [1.82, 2.24) is 9.97 Å². The van der Waals surface area contributed by atoms with Gasteiger partial charge in [0.1, 0.15) is 5.01 Å². The Balaban J connectivity index is 2.00. The van der Waals surface area contributed by atoms with Crippen LogP contribution in [0.3, 0.4) is 0 Å². The first kappa shape index (κ1) is 12.6. The van der Waals surface area contributed by atoms with E-state index >= 15 is 0 Å². The van der Waals surface area contributed by atoms with Crippen molar-refractivity contribution in [2.24, 2.45) is 0 Å². The fraction of sp³-hybridized carbons (Fsp3) is 0.0714. The number of carbonyl (C=O) groups is 1. The highest BCUT2D eigenvalue weighted by Crippen LogP contribution is 2.22. The Morgan fingerprint density at radius 2 is 2.20 bits per heavy atom. The van der Waals surface area contributed by atoms with E-state index < -0.39 is 5.97 Å². The third-order valence-corrected chi connectivity index (χ3v) is 3.83. The number of aromatic nitrogens is 2. The van der Waals surface area contributed by atoms with E-state index in [2.05, 4.69) is 14.7 Å². The topological polar surface area (TPSA) is 78.8 Å². The van der Waals surface area contributed by atoms with Gasteiger partial charge in [-0.3, -0.25) is 5.41 Å². The van der Waals surface area contributed by atoms with Crippen LogP contribution >= 0.6 is 11.3 Å². The van der Waals surface area contributed by atoms with Crippen LogP contribution in [-0.4, -0.2) is 28.8 Å². The molecule has 3 rings (SSSR count). The predicted molar refractivity (Wildman–Crippen MR) is 77.7 cm³/mol. The van der Waals surface area contributed by atoms with Gasteiger partial charge in [0.15, 0.2) is 5.69 Å². The number of esters is 1. The Kier molecular flexibility index (Phi) is 3.08. The maximum atomic E-state index is 11.4. The zero-order chi connectivity index (χ0) is 14.1. The number of carbonyl (C=O) groups excluding carboxylic acids is 1. The van der Waals surface area contributed by atoms with E-state index in [0.717, 1.165) is 16.5 Å². The number of nitrogens with zero attached hydrogens (tertiary/aromatic N) is 1. The quantitative estimate of drug-likeness (QED) is 0.573. The minimum atomic E-state index is -0.487. The Morgan fingerprint density at radius 1 is 1.40 bits per heavy atom. The largest absolute Gasteiger partial charge is 0.464 e. The minimum Gasteiger partial charge on any atom is -0.464 e. The summed E-state index contributed by atoms with van der Waals surface area (Å²) in [6.45, 7) is 0. The number of ether oxygens (including phenoxy) is 1. The maximum absolute atomic E-state index is 11.4. The molecule has 2 aromatic heterocycles. The van der Waals surface area contributed by atoms with Gasteiger partial charge in [-0.25, -0.2) is 9.78 Å². The summed E-state index contributed by atoms with van der Waals surface area (Å²) in [4.78, 5) is 18.7. The molecule has 0 aliphatic rings. The number of methoxy groups -OCH3 is 1. The summed E-state index contributed by atoms with van der Waals surface area (Å²) >= 11 is 1.26. The molecule has 2 N–H and O–H groups in total. The zero-order valence-corrected chi connectivity index (χ0v) is 11.5. The summed E-state index contributed by atoms with van der Waals surface area (Å²) < 4.78 is 4.62. The number of fused-ring (bicyclic) bond motifs is 1. The van der Waals surface area contributed by atoms with E-state index in [-0.39, 0.29) is 5.69 Å². The fourth-order valence-corrected chi connectivity index (χ4v) is 2.73. The van der Waals surface area contributed by atoms with Crippen LogP contribution in [0.25, 0.3) is 10.9 Å². The molecule has 0 amide bonds. The van der Waals surface area contributed by atoms with E-state index in [9.17, 15) is 4.79 Å². The molecule has 0 saturated heterocycles. The molecule has 0 unspecified atom stereocenters. The van der Waals surface area contributed by atoms with Crippen molar-refractivity contribution in [3.8, 4) is 0 Å². The number of hydrogen-bond donors (Lipinski definition) is 2. The number of para-hydroxylation sites is 1. The van der Waals surface area contributed by atoms with Crippen LogP contribution < -0.4 is 0 Å². The number of thiazole rings is 1. The Bertz CT molecular complexity index is 803. The molecule has 0 atom stereocenters. The molecule has 100 valence electrons. The summed E-state index contributed by atoms with van der Waals surface area (Å²) in [5.41, 5.74) is 2.27. The molecule has 0 aliphatic carbocycles. The molecule has 2 heterocycles. The van der Waals surface area contributed by atoms with Gasteiger partial charge in [0, 0.05) is 28.0 Å². The second-order valence-electron chi connectivity index (χ2n) is 4.15. The highest BCUT2D eigenvalue weighted by Gasteiger charge is 2.16. The molecule has 0 bridgehead atoms. The van der Waals surface area contributed by atoms with Crippen LogP contribution in [0.1, 0.15) is 21.1 Å². The zero-order valence-electron chi connectivity index (χ0n) is 10.6. The van der Waals surface area contributed by atoms with Gasteiger partial charge in [-0.2, -0.15) is 0 Å². The van der Waals surface area contributed by atoms with Crippen LogP contribution in [-0.2, 0) is 4.74 Å². The first-order valence-corrected chi connectivity index (χ1v) is 6.78. The monoisotopic (exact) mass is 285 g/mol. The van der Waals surface area contributed by atoms with Crippen molar-refractivity contribution in [3.63, 3.8) is 0 Å². The van der Waals surface area contributed by atoms with Crippen molar-refractivity contribution in [1.29, 1.82) is 5.41 Å². The van der Waals surface area contributed by atoms with E-state index in [1.807, 2.05) is 24.3 Å². The number of H-pyrrole nitrogens is 1. The first-order chi connectivity index (χ1) is 9.70. The number of benzene rings is 1. The van der Waals surface area contributed by atoms with Crippen molar-refractivity contribution in [3.05, 3.63) is 52.1 Å². The fourth-order valence-electron chi connectivity index (χ4n) is 1.98. The molecule has 0 spiro atoms. The molecule has 3 aromatic rings. The van der Waals surface area contributed by atoms with Gasteiger partial charge in [-0.05, 0) is 6.07 Å². The Morgan fingerprint density at radius 3 is 3.00 bits per heavy atom. The Hall–Kier alpha value is -2.47. The van der Waals surface area contributed by atoms with Gasteiger partial charge in [0.25, 0.3) is 0 Å². The molecule has 0 aliphatic heterocycles. The molecular formula is C14H11N3O2S. The van der Waals surface area contributed by atoms with Crippen molar-refractivity contribution in [2.45, 2.75) is 0 Å². The van der Waals surface area contributed by atoms with E-state index in [1.54, 1.807) is 11.6 Å². The summed E-state index contributed by atoms with van der Waals surface area (Å²) in [6.07, 6.45) is 1.78. The summed E-state index contributed by atoms with van der Waals surface area (Å²) in [5.74, 6) is -0.487. The summed E-state index contributed by atoms with van der Waals surface area (Å²) in [6, 6.07) is 7.76. The maximum Gasteiger partial charge on any atom is 0.357 e. The molecule has 0 fully saturated rings. The lowest BCUT2D eigenvalue weighted by molar-refractivity contribution is 0.0595. The molecule has 5 nitrogen and oxygen atoms in total. The lowest BCUT2D eigenvalue weighted by Gasteiger charge is -1.98. The predicted octanol–water partition coefficient (Wildman–Crippen LogP) is 2.83. The second-order valence-corrected chi connectivity index (χ2v) is 5.01. The summed E-state index contributed by atoms with van der Waals surface area (Å²) in [7, 11) is 1.31.